The number of sulfonamides is 1. The van der Waals surface area contributed by atoms with Crippen molar-refractivity contribution in [2.75, 3.05) is 18.0 Å². The van der Waals surface area contributed by atoms with Crippen LogP contribution in [0.2, 0.25) is 5.02 Å². The summed E-state index contributed by atoms with van der Waals surface area (Å²) in [4.78, 5) is 9.69. The number of aliphatic hydroxyl groups excluding tert-OH is 1. The quantitative estimate of drug-likeness (QED) is 0.533. The van der Waals surface area contributed by atoms with Crippen LogP contribution in [0.5, 0.6) is 5.75 Å². The summed E-state index contributed by atoms with van der Waals surface area (Å²) in [6, 6.07) is 11.6. The van der Waals surface area contributed by atoms with Gasteiger partial charge in [-0.1, -0.05) is 11.6 Å². The Morgan fingerprint density at radius 2 is 1.97 bits per heavy atom. The Labute approximate surface area is 204 Å². The highest BCUT2D eigenvalue weighted by Crippen LogP contribution is 2.46. The van der Waals surface area contributed by atoms with Crippen molar-refractivity contribution in [3.05, 3.63) is 71.3 Å². The number of benzene rings is 2. The molecule has 0 radical (unpaired) electrons. The fraction of sp³-hybridized carbons (Fsp3) is 0.375. The van der Waals surface area contributed by atoms with E-state index in [1.54, 1.807) is 42.7 Å². The fourth-order valence-electron chi connectivity index (χ4n) is 4.45. The lowest BCUT2D eigenvalue weighted by Gasteiger charge is -2.47. The average Bonchev–Trinajstić information content (AvgIpc) is 3.25. The van der Waals surface area contributed by atoms with Gasteiger partial charge in [-0.25, -0.2) is 13.4 Å². The number of imidazole rings is 1. The van der Waals surface area contributed by atoms with Crippen LogP contribution in [0.1, 0.15) is 37.7 Å². The summed E-state index contributed by atoms with van der Waals surface area (Å²) in [5.74, 6) is 1.25. The summed E-state index contributed by atoms with van der Waals surface area (Å²) < 4.78 is 33.9. The maximum atomic E-state index is 13.1. The summed E-state index contributed by atoms with van der Waals surface area (Å²) >= 11 is 6.14. The Bertz CT molecular complexity index is 1270. The first-order valence-electron chi connectivity index (χ1n) is 11.2. The zero-order valence-corrected chi connectivity index (χ0v) is 20.6. The van der Waals surface area contributed by atoms with Crippen molar-refractivity contribution in [3.63, 3.8) is 0 Å². The van der Waals surface area contributed by atoms with Crippen LogP contribution in [0, 0.1) is 0 Å². The van der Waals surface area contributed by atoms with E-state index in [2.05, 4.69) is 9.97 Å². The van der Waals surface area contributed by atoms with Gasteiger partial charge in [-0.2, -0.15) is 4.31 Å². The van der Waals surface area contributed by atoms with Gasteiger partial charge in [0.1, 0.15) is 23.3 Å². The number of nitrogens with one attached hydrogen (secondary N) is 1. The molecule has 0 aliphatic carbocycles. The molecule has 1 aromatic heterocycles. The number of fused-ring (bicyclic) bond motifs is 1. The minimum Gasteiger partial charge on any atom is -0.485 e. The Morgan fingerprint density at radius 3 is 2.59 bits per heavy atom. The molecule has 2 aliphatic rings. The van der Waals surface area contributed by atoms with Crippen molar-refractivity contribution >= 4 is 27.3 Å². The number of aromatic nitrogens is 2. The number of rotatable bonds is 6. The van der Waals surface area contributed by atoms with Gasteiger partial charge < -0.3 is 19.7 Å². The SMILES string of the molecule is CC1(C)Oc2ccc(S(=O)(=O)N3CCC3)cc2[C@@H](N(Cc2ncc[nH]2)c2ccc(Cl)cc2)[C@@H]1O. The van der Waals surface area contributed by atoms with Crippen molar-refractivity contribution in [2.45, 2.75) is 49.5 Å². The standard InChI is InChI=1S/C24H27ClN4O4S/c1-24(2)23(30)22(29(15-21-26-10-11-27-21)17-6-4-16(25)5-7-17)19-14-18(8-9-20(19)33-24)34(31,32)28-12-3-13-28/h4-11,14,22-23,30H,3,12-13,15H2,1-2H3,(H,26,27)/t22-,23+/m1/s1. The molecule has 2 aliphatic heterocycles. The van der Waals surface area contributed by atoms with Crippen LogP contribution in [0.4, 0.5) is 5.69 Å². The van der Waals surface area contributed by atoms with Gasteiger partial charge in [0, 0.05) is 41.8 Å². The summed E-state index contributed by atoms with van der Waals surface area (Å²) in [6.07, 6.45) is 3.31. The molecule has 0 bridgehead atoms. The van der Waals surface area contributed by atoms with E-state index in [0.717, 1.165) is 12.1 Å². The van der Waals surface area contributed by atoms with Crippen molar-refractivity contribution < 1.29 is 18.3 Å². The second-order valence-electron chi connectivity index (χ2n) is 9.19. The summed E-state index contributed by atoms with van der Waals surface area (Å²) in [6.45, 7) is 5.04. The van der Waals surface area contributed by atoms with Crippen molar-refractivity contribution in [3.8, 4) is 5.75 Å². The Balaban J connectivity index is 1.65. The highest BCUT2D eigenvalue weighted by atomic mass is 35.5. The fourth-order valence-corrected chi connectivity index (χ4v) is 6.13. The van der Waals surface area contributed by atoms with Crippen molar-refractivity contribution in [1.82, 2.24) is 14.3 Å². The van der Waals surface area contributed by atoms with E-state index in [4.69, 9.17) is 16.3 Å². The van der Waals surface area contributed by atoms with Gasteiger partial charge in [-0.15, -0.1) is 0 Å². The number of halogens is 1. The van der Waals surface area contributed by atoms with Gasteiger partial charge >= 0.3 is 0 Å². The first-order valence-corrected chi connectivity index (χ1v) is 13.0. The van der Waals surface area contributed by atoms with E-state index < -0.39 is 27.8 Å². The van der Waals surface area contributed by atoms with Crippen molar-refractivity contribution in [2.24, 2.45) is 0 Å². The summed E-state index contributed by atoms with van der Waals surface area (Å²) in [5.41, 5.74) is 0.503. The largest absolute Gasteiger partial charge is 0.485 e. The van der Waals surface area contributed by atoms with Crippen LogP contribution in [0.15, 0.2) is 59.8 Å². The molecule has 1 fully saturated rings. The molecule has 0 unspecified atom stereocenters. The minimum atomic E-state index is -3.61. The van der Waals surface area contributed by atoms with Crippen LogP contribution < -0.4 is 9.64 Å². The molecule has 0 spiro atoms. The third kappa shape index (κ3) is 4.07. The number of aromatic amines is 1. The van der Waals surface area contributed by atoms with Gasteiger partial charge in [0.2, 0.25) is 10.0 Å². The second kappa shape index (κ2) is 8.57. The van der Waals surface area contributed by atoms with Crippen LogP contribution in [0.25, 0.3) is 0 Å². The van der Waals surface area contributed by atoms with E-state index in [9.17, 15) is 13.5 Å². The number of nitrogens with zero attached hydrogens (tertiary/aromatic N) is 3. The summed E-state index contributed by atoms with van der Waals surface area (Å²) in [5, 5.41) is 12.1. The van der Waals surface area contributed by atoms with E-state index >= 15 is 0 Å². The first kappa shape index (κ1) is 23.2. The van der Waals surface area contributed by atoms with Gasteiger partial charge in [0.25, 0.3) is 0 Å². The van der Waals surface area contributed by atoms with E-state index in [1.807, 2.05) is 30.9 Å². The average molecular weight is 503 g/mol. The van der Waals surface area contributed by atoms with Gasteiger partial charge in [-0.3, -0.25) is 0 Å². The van der Waals surface area contributed by atoms with Crippen LogP contribution >= 0.6 is 11.6 Å². The number of anilines is 1. The lowest BCUT2D eigenvalue weighted by Crippen LogP contribution is -2.53. The number of hydrogen-bond donors (Lipinski definition) is 2. The van der Waals surface area contributed by atoms with Crippen molar-refractivity contribution in [1.29, 1.82) is 0 Å². The molecule has 180 valence electrons. The molecule has 8 nitrogen and oxygen atoms in total. The van der Waals surface area contributed by atoms with Gasteiger partial charge in [0.05, 0.1) is 17.5 Å². The van der Waals surface area contributed by atoms with E-state index in [1.165, 1.54) is 4.31 Å². The van der Waals surface area contributed by atoms with Gasteiger partial charge in [0.15, 0.2) is 0 Å². The molecule has 3 aromatic rings. The molecule has 0 saturated carbocycles. The molecular weight excluding hydrogens is 476 g/mol. The first-order chi connectivity index (χ1) is 16.2. The molecule has 5 rings (SSSR count). The topological polar surface area (TPSA) is 98.8 Å². The molecule has 3 heterocycles. The Kier molecular flexibility index (Phi) is 5.84. The predicted octanol–water partition coefficient (Wildman–Crippen LogP) is 3.74. The highest BCUT2D eigenvalue weighted by molar-refractivity contribution is 7.89. The molecule has 0 amide bonds. The molecule has 2 N–H and O–H groups in total. The zero-order chi connectivity index (χ0) is 24.1. The maximum absolute atomic E-state index is 13.1. The van der Waals surface area contributed by atoms with Crippen LogP contribution in [-0.2, 0) is 16.6 Å². The maximum Gasteiger partial charge on any atom is 0.243 e. The van der Waals surface area contributed by atoms with Crippen LogP contribution in [0.3, 0.4) is 0 Å². The molecule has 2 atom stereocenters. The monoisotopic (exact) mass is 502 g/mol. The van der Waals surface area contributed by atoms with Crippen LogP contribution in [-0.4, -0.2) is 52.6 Å². The zero-order valence-electron chi connectivity index (χ0n) is 19.0. The van der Waals surface area contributed by atoms with E-state index in [0.29, 0.717) is 41.8 Å². The number of H-pyrrole nitrogens is 1. The normalized spacial score (nSPS) is 21.9. The molecule has 1 saturated heterocycles. The number of hydrogen-bond acceptors (Lipinski definition) is 6. The lowest BCUT2D eigenvalue weighted by atomic mass is 9.85. The smallest absolute Gasteiger partial charge is 0.243 e. The molecule has 34 heavy (non-hydrogen) atoms. The Morgan fingerprint density at radius 1 is 1.24 bits per heavy atom. The third-order valence-electron chi connectivity index (χ3n) is 6.51. The van der Waals surface area contributed by atoms with Gasteiger partial charge in [-0.05, 0) is 62.7 Å². The second-order valence-corrected chi connectivity index (χ2v) is 11.6. The highest BCUT2D eigenvalue weighted by Gasteiger charge is 2.46. The molecule has 2 aromatic carbocycles. The summed E-state index contributed by atoms with van der Waals surface area (Å²) in [7, 11) is -3.61. The number of aliphatic hydroxyl groups is 1. The molecular formula is C24H27ClN4O4S. The third-order valence-corrected chi connectivity index (χ3v) is 8.65. The Hall–Kier alpha value is -2.59. The predicted molar refractivity (Wildman–Crippen MR) is 129 cm³/mol. The lowest BCUT2D eigenvalue weighted by molar-refractivity contribution is -0.0591. The van der Waals surface area contributed by atoms with E-state index in [-0.39, 0.29) is 4.90 Å². The minimum absolute atomic E-state index is 0.195. The molecule has 10 heteroatoms. The number of ether oxygens (including phenoxy) is 1.